The predicted molar refractivity (Wildman–Crippen MR) is 171 cm³/mol. The first-order chi connectivity index (χ1) is 19.5. The van der Waals surface area contributed by atoms with Crippen LogP contribution >= 0.6 is 0 Å². The van der Waals surface area contributed by atoms with Crippen molar-refractivity contribution in [2.75, 3.05) is 0 Å². The first-order valence-electron chi connectivity index (χ1n) is 14.8. The average Bonchev–Trinajstić information content (AvgIpc) is 3.47. The first kappa shape index (κ1) is 31.2. The van der Waals surface area contributed by atoms with Crippen LogP contribution in [0, 0.1) is 5.92 Å². The van der Waals surface area contributed by atoms with Crippen LogP contribution in [0.3, 0.4) is 0 Å². The van der Waals surface area contributed by atoms with E-state index in [1.165, 1.54) is 44.2 Å². The predicted octanol–water partition coefficient (Wildman–Crippen LogP) is 4.23. The zero-order valence-corrected chi connectivity index (χ0v) is 29.8. The van der Waals surface area contributed by atoms with Crippen LogP contribution in [0.15, 0.2) is 109 Å². The quantitative estimate of drug-likeness (QED) is 0.236. The van der Waals surface area contributed by atoms with Crippen LogP contribution in [0.25, 0.3) is 39.1 Å². The van der Waals surface area contributed by atoms with Crippen molar-refractivity contribution >= 4 is 22.8 Å². The topological polar surface area (TPSA) is 0 Å². The Bertz CT molecular complexity index is 1790. The van der Waals surface area contributed by atoms with Crippen LogP contribution in [0.2, 0.25) is 13.1 Å². The summed E-state index contributed by atoms with van der Waals surface area (Å²) in [5, 5.41) is 2.61. The fourth-order valence-corrected chi connectivity index (χ4v) is 17.0. The van der Waals surface area contributed by atoms with Crippen molar-refractivity contribution in [3.8, 4) is 22.3 Å². The third-order valence-electron chi connectivity index (χ3n) is 8.66. The third-order valence-corrected chi connectivity index (χ3v) is 18.5. The standard InChI is InChI=1S/C36H29.C2H7Si.2ClH.Zr/c1-23(2)19-28-22-34-30(27-18-17-24-9-3-4-10-25(24)20-27)13-7-15-32(34)36(28)33-16-8-14-31-29-12-6-5-11-26(29)21-35(31)33;1-3-2;;;/h3-18,20-23,36H,19H2,1-2H3;3H,1-2H3;2*1H;/q;;;;+2/p-2. The normalized spacial score (nSPS) is 16.3. The molecule has 0 aromatic heterocycles. The van der Waals surface area contributed by atoms with Gasteiger partial charge in [0.05, 0.1) is 0 Å². The molecule has 5 aromatic rings. The van der Waals surface area contributed by atoms with Gasteiger partial charge in [-0.15, -0.1) is 0 Å². The zero-order valence-electron chi connectivity index (χ0n) is 24.7. The number of allylic oxidation sites excluding steroid dienone is 1. The molecule has 0 saturated carbocycles. The summed E-state index contributed by atoms with van der Waals surface area (Å²) >= 11 is -0.550. The van der Waals surface area contributed by atoms with Crippen molar-refractivity contribution in [2.24, 2.45) is 5.92 Å². The smallest absolute Gasteiger partial charge is 1.00 e. The Morgan fingerprint density at radius 2 is 1.31 bits per heavy atom. The van der Waals surface area contributed by atoms with Gasteiger partial charge in [-0.3, -0.25) is 0 Å². The van der Waals surface area contributed by atoms with Gasteiger partial charge in [0, 0.05) is 0 Å². The molecule has 0 spiro atoms. The monoisotopic (exact) mass is 680 g/mol. The molecular formula is C38H36Cl2SiZr. The molecule has 0 aliphatic heterocycles. The van der Waals surface area contributed by atoms with Crippen molar-refractivity contribution in [3.63, 3.8) is 0 Å². The van der Waals surface area contributed by atoms with E-state index in [1.54, 1.807) is 22.3 Å². The molecule has 0 nitrogen and oxygen atoms in total. The van der Waals surface area contributed by atoms with Crippen LogP contribution < -0.4 is 24.8 Å². The molecule has 4 heteroatoms. The molecule has 210 valence electrons. The maximum atomic E-state index is 2.58. The summed E-state index contributed by atoms with van der Waals surface area (Å²) in [5.74, 6) is 0.350. The van der Waals surface area contributed by atoms with Gasteiger partial charge < -0.3 is 24.8 Å². The fourth-order valence-electron chi connectivity index (χ4n) is 7.14. The second-order valence-electron chi connectivity index (χ2n) is 12.3. The molecule has 7 rings (SSSR count). The Morgan fingerprint density at radius 3 is 2.07 bits per heavy atom. The van der Waals surface area contributed by atoms with Crippen LogP contribution in [-0.4, -0.2) is 5.92 Å². The first-order valence-corrected chi connectivity index (χ1v) is 23.4. The summed E-state index contributed by atoms with van der Waals surface area (Å²) in [6.07, 6.45) is 3.70. The van der Waals surface area contributed by atoms with Crippen molar-refractivity contribution in [1.82, 2.24) is 0 Å². The van der Waals surface area contributed by atoms with Crippen LogP contribution in [-0.2, 0) is 22.4 Å². The minimum absolute atomic E-state index is 0. The van der Waals surface area contributed by atoms with E-state index < -0.39 is 28.3 Å². The SMILES string of the molecule is CC(C)CC1=Cc2c(-c3ccc4ccccc4c3)cccc2C1c1cccc2c1[CH]([Zr+2][SiH](C)C)c1ccccc1-2.[Cl-].[Cl-]. The summed E-state index contributed by atoms with van der Waals surface area (Å²) in [6, 6.07) is 39.3. The molecule has 0 bridgehead atoms. The molecule has 0 saturated heterocycles. The molecule has 0 radical (unpaired) electrons. The van der Waals surface area contributed by atoms with Gasteiger partial charge in [0.1, 0.15) is 0 Å². The number of benzene rings is 5. The van der Waals surface area contributed by atoms with Crippen molar-refractivity contribution < 1.29 is 47.2 Å². The largest absolute Gasteiger partial charge is 1.00 e. The maximum Gasteiger partial charge on any atom is -1.00 e. The Labute approximate surface area is 275 Å². The number of fused-ring (bicyclic) bond motifs is 5. The van der Waals surface area contributed by atoms with Gasteiger partial charge in [-0.05, 0) is 0 Å². The molecule has 2 aliphatic carbocycles. The Morgan fingerprint density at radius 1 is 0.667 bits per heavy atom. The molecule has 2 aliphatic rings. The maximum absolute atomic E-state index is 2.58. The Hall–Kier alpha value is -2.22. The van der Waals surface area contributed by atoms with Gasteiger partial charge in [0.2, 0.25) is 0 Å². The molecule has 5 aromatic carbocycles. The minimum Gasteiger partial charge on any atom is -1.00 e. The molecular weight excluding hydrogens is 647 g/mol. The van der Waals surface area contributed by atoms with Crippen LogP contribution in [0.5, 0.6) is 0 Å². The van der Waals surface area contributed by atoms with Crippen LogP contribution in [0.4, 0.5) is 0 Å². The molecule has 0 N–H and O–H groups in total. The van der Waals surface area contributed by atoms with E-state index in [9.17, 15) is 0 Å². The van der Waals surface area contributed by atoms with Gasteiger partial charge in [-0.2, -0.15) is 0 Å². The van der Waals surface area contributed by atoms with Crippen molar-refractivity contribution in [2.45, 2.75) is 42.9 Å². The fraction of sp³-hybridized carbons (Fsp3) is 0.211. The van der Waals surface area contributed by atoms with E-state index in [1.807, 2.05) is 0 Å². The summed E-state index contributed by atoms with van der Waals surface area (Å²) in [5.41, 5.74) is 15.1. The van der Waals surface area contributed by atoms with Crippen LogP contribution in [0.1, 0.15) is 57.6 Å². The third kappa shape index (κ3) is 5.46. The number of hydrogen-bond acceptors (Lipinski definition) is 0. The van der Waals surface area contributed by atoms with E-state index in [0.29, 0.717) is 15.5 Å². The summed E-state index contributed by atoms with van der Waals surface area (Å²) < 4.78 is 0.686. The Balaban J connectivity index is 0.00000176. The van der Waals surface area contributed by atoms with E-state index >= 15 is 0 Å². The van der Waals surface area contributed by atoms with Crippen molar-refractivity contribution in [3.05, 3.63) is 137 Å². The number of halogens is 2. The molecule has 2 atom stereocenters. The van der Waals surface area contributed by atoms with Gasteiger partial charge in [-0.1, -0.05) is 6.07 Å². The zero-order chi connectivity index (χ0) is 27.4. The second kappa shape index (κ2) is 12.8. The number of hydrogen-bond donors (Lipinski definition) is 0. The summed E-state index contributed by atoms with van der Waals surface area (Å²) in [7, 11) is 0. The van der Waals surface area contributed by atoms with Gasteiger partial charge >= 0.3 is 247 Å². The Kier molecular flexibility index (Phi) is 9.51. The van der Waals surface area contributed by atoms with E-state index in [2.05, 4.69) is 136 Å². The molecule has 0 amide bonds. The summed E-state index contributed by atoms with van der Waals surface area (Å²) in [6.45, 7) is 9.91. The number of rotatable bonds is 6. The van der Waals surface area contributed by atoms with E-state index in [-0.39, 0.29) is 24.8 Å². The summed E-state index contributed by atoms with van der Waals surface area (Å²) in [4.78, 5) is 0. The van der Waals surface area contributed by atoms with Gasteiger partial charge in [-0.25, -0.2) is 0 Å². The average molecular weight is 683 g/mol. The van der Waals surface area contributed by atoms with Crippen molar-refractivity contribution in [1.29, 1.82) is 0 Å². The van der Waals surface area contributed by atoms with E-state index in [0.717, 1.165) is 6.42 Å². The van der Waals surface area contributed by atoms with Gasteiger partial charge in [0.25, 0.3) is 0 Å². The second-order valence-corrected chi connectivity index (χ2v) is 27.3. The molecule has 0 heterocycles. The minimum atomic E-state index is -0.617. The molecule has 2 unspecified atom stereocenters. The molecule has 42 heavy (non-hydrogen) atoms. The molecule has 0 fully saturated rings. The van der Waals surface area contributed by atoms with E-state index in [4.69, 9.17) is 0 Å². The van der Waals surface area contributed by atoms with Gasteiger partial charge in [0.15, 0.2) is 0 Å².